The van der Waals surface area contributed by atoms with Crippen molar-refractivity contribution < 1.29 is 4.39 Å². The lowest BCUT2D eigenvalue weighted by molar-refractivity contribution is 0.615. The van der Waals surface area contributed by atoms with Crippen molar-refractivity contribution in [3.63, 3.8) is 0 Å². The Morgan fingerprint density at radius 3 is 2.47 bits per heavy atom. The molecular formula is C16H17BrFN. The molecule has 2 N–H and O–H groups in total. The second-order valence-corrected chi connectivity index (χ2v) is 5.48. The van der Waals surface area contributed by atoms with E-state index in [-0.39, 0.29) is 5.82 Å². The Labute approximate surface area is 121 Å². The maximum absolute atomic E-state index is 13.2. The molecule has 1 atom stereocenters. The van der Waals surface area contributed by atoms with Gasteiger partial charge in [-0.2, -0.15) is 0 Å². The van der Waals surface area contributed by atoms with E-state index in [1.807, 2.05) is 30.3 Å². The van der Waals surface area contributed by atoms with Crippen molar-refractivity contribution in [1.29, 1.82) is 0 Å². The van der Waals surface area contributed by atoms with Gasteiger partial charge in [0.05, 0.1) is 4.47 Å². The van der Waals surface area contributed by atoms with Crippen molar-refractivity contribution >= 4 is 15.9 Å². The average molecular weight is 322 g/mol. The smallest absolute Gasteiger partial charge is 0.137 e. The number of halogens is 2. The van der Waals surface area contributed by atoms with Crippen molar-refractivity contribution in [3.05, 3.63) is 69.9 Å². The van der Waals surface area contributed by atoms with E-state index in [0.29, 0.717) is 16.9 Å². The number of hydrogen-bond donors (Lipinski definition) is 1. The summed E-state index contributed by atoms with van der Waals surface area (Å²) in [4.78, 5) is 0. The molecule has 0 heterocycles. The molecule has 19 heavy (non-hydrogen) atoms. The fraction of sp³-hybridized carbons (Fsp3) is 0.250. The van der Waals surface area contributed by atoms with Crippen molar-refractivity contribution in [1.82, 2.24) is 0 Å². The Balaban J connectivity index is 2.02. The van der Waals surface area contributed by atoms with Crippen LogP contribution in [0.3, 0.4) is 0 Å². The van der Waals surface area contributed by atoms with Gasteiger partial charge in [0.2, 0.25) is 0 Å². The number of benzene rings is 2. The molecule has 0 spiro atoms. The van der Waals surface area contributed by atoms with Gasteiger partial charge in [-0.05, 0) is 64.5 Å². The third-order valence-corrected chi connectivity index (χ3v) is 3.93. The zero-order valence-electron chi connectivity index (χ0n) is 10.7. The highest BCUT2D eigenvalue weighted by Gasteiger charge is 2.10. The van der Waals surface area contributed by atoms with Gasteiger partial charge in [0, 0.05) is 0 Å². The van der Waals surface area contributed by atoms with Crippen LogP contribution in [0.1, 0.15) is 23.5 Å². The van der Waals surface area contributed by atoms with Gasteiger partial charge in [-0.1, -0.05) is 36.4 Å². The molecule has 1 unspecified atom stereocenters. The van der Waals surface area contributed by atoms with Gasteiger partial charge in [-0.15, -0.1) is 0 Å². The molecular weight excluding hydrogens is 305 g/mol. The molecule has 0 saturated carbocycles. The van der Waals surface area contributed by atoms with E-state index in [4.69, 9.17) is 5.73 Å². The predicted octanol–water partition coefficient (Wildman–Crippen LogP) is 4.26. The van der Waals surface area contributed by atoms with Crippen LogP contribution in [-0.2, 0) is 6.42 Å². The van der Waals surface area contributed by atoms with Crippen LogP contribution in [0.4, 0.5) is 4.39 Å². The molecule has 0 saturated heterocycles. The molecule has 0 aliphatic carbocycles. The Kier molecular flexibility index (Phi) is 5.11. The van der Waals surface area contributed by atoms with Gasteiger partial charge in [0.1, 0.15) is 5.82 Å². The topological polar surface area (TPSA) is 26.0 Å². The highest BCUT2D eigenvalue weighted by molar-refractivity contribution is 9.10. The van der Waals surface area contributed by atoms with Gasteiger partial charge in [0.15, 0.2) is 0 Å². The quantitative estimate of drug-likeness (QED) is 0.874. The van der Waals surface area contributed by atoms with E-state index >= 15 is 0 Å². The summed E-state index contributed by atoms with van der Waals surface area (Å²) in [6, 6.07) is 15.5. The summed E-state index contributed by atoms with van der Waals surface area (Å²) in [6.45, 7) is 0.631. The lowest BCUT2D eigenvalue weighted by atomic mass is 9.92. The summed E-state index contributed by atoms with van der Waals surface area (Å²) in [5, 5.41) is 0. The van der Waals surface area contributed by atoms with E-state index in [2.05, 4.69) is 28.1 Å². The Morgan fingerprint density at radius 1 is 1.11 bits per heavy atom. The Bertz CT molecular complexity index is 528. The maximum atomic E-state index is 13.2. The SMILES string of the molecule is NCC(CCc1ccc(F)c(Br)c1)c1ccccc1. The number of hydrogen-bond acceptors (Lipinski definition) is 1. The van der Waals surface area contributed by atoms with Gasteiger partial charge in [-0.25, -0.2) is 4.39 Å². The maximum Gasteiger partial charge on any atom is 0.137 e. The molecule has 2 aromatic carbocycles. The zero-order chi connectivity index (χ0) is 13.7. The third-order valence-electron chi connectivity index (χ3n) is 3.32. The first-order valence-corrected chi connectivity index (χ1v) is 7.19. The number of nitrogens with two attached hydrogens (primary N) is 1. The largest absolute Gasteiger partial charge is 0.330 e. The van der Waals surface area contributed by atoms with Crippen molar-refractivity contribution in [2.75, 3.05) is 6.54 Å². The lowest BCUT2D eigenvalue weighted by Gasteiger charge is -2.15. The molecule has 2 rings (SSSR count). The van der Waals surface area contributed by atoms with Gasteiger partial charge < -0.3 is 5.73 Å². The molecule has 100 valence electrons. The first kappa shape index (κ1) is 14.2. The molecule has 0 bridgehead atoms. The fourth-order valence-corrected chi connectivity index (χ4v) is 2.61. The molecule has 1 nitrogen and oxygen atoms in total. The molecule has 3 heteroatoms. The minimum atomic E-state index is -0.220. The van der Waals surface area contributed by atoms with E-state index in [9.17, 15) is 4.39 Å². The third kappa shape index (κ3) is 3.88. The van der Waals surface area contributed by atoms with Gasteiger partial charge in [0.25, 0.3) is 0 Å². The van der Waals surface area contributed by atoms with Crippen molar-refractivity contribution in [2.45, 2.75) is 18.8 Å². The van der Waals surface area contributed by atoms with Crippen LogP contribution in [-0.4, -0.2) is 6.54 Å². The van der Waals surface area contributed by atoms with E-state index < -0.39 is 0 Å². The first-order chi connectivity index (χ1) is 9.20. The average Bonchev–Trinajstić information content (AvgIpc) is 2.44. The van der Waals surface area contributed by atoms with Crippen LogP contribution >= 0.6 is 15.9 Å². The second kappa shape index (κ2) is 6.83. The molecule has 0 aliphatic rings. The van der Waals surface area contributed by atoms with Crippen molar-refractivity contribution in [2.24, 2.45) is 5.73 Å². The summed E-state index contributed by atoms with van der Waals surface area (Å²) in [7, 11) is 0. The standard InChI is InChI=1S/C16H17BrFN/c17-15-10-12(7-9-16(15)18)6-8-14(11-19)13-4-2-1-3-5-13/h1-5,7,9-10,14H,6,8,11,19H2. The Hall–Kier alpha value is -1.19. The van der Waals surface area contributed by atoms with Crippen LogP contribution in [0.2, 0.25) is 0 Å². The molecule has 0 amide bonds. The second-order valence-electron chi connectivity index (χ2n) is 4.63. The summed E-state index contributed by atoms with van der Waals surface area (Å²) in [5.41, 5.74) is 8.25. The van der Waals surface area contributed by atoms with Crippen LogP contribution in [0, 0.1) is 5.82 Å². The summed E-state index contributed by atoms with van der Waals surface area (Å²) in [6.07, 6.45) is 1.87. The van der Waals surface area contributed by atoms with Crippen LogP contribution in [0.25, 0.3) is 0 Å². The van der Waals surface area contributed by atoms with Crippen LogP contribution < -0.4 is 5.73 Å². The van der Waals surface area contributed by atoms with Gasteiger partial charge in [-0.3, -0.25) is 0 Å². The van der Waals surface area contributed by atoms with E-state index in [1.165, 1.54) is 11.6 Å². The van der Waals surface area contributed by atoms with E-state index in [1.54, 1.807) is 0 Å². The Morgan fingerprint density at radius 2 is 1.84 bits per heavy atom. The van der Waals surface area contributed by atoms with E-state index in [0.717, 1.165) is 18.4 Å². The van der Waals surface area contributed by atoms with Crippen LogP contribution in [0.15, 0.2) is 53.0 Å². The number of rotatable bonds is 5. The highest BCUT2D eigenvalue weighted by atomic mass is 79.9. The van der Waals surface area contributed by atoms with Gasteiger partial charge >= 0.3 is 0 Å². The monoisotopic (exact) mass is 321 g/mol. The number of aryl methyl sites for hydroxylation is 1. The molecule has 2 aromatic rings. The highest BCUT2D eigenvalue weighted by Crippen LogP contribution is 2.23. The fourth-order valence-electron chi connectivity index (χ4n) is 2.18. The predicted molar refractivity (Wildman–Crippen MR) is 80.7 cm³/mol. The summed E-state index contributed by atoms with van der Waals surface area (Å²) in [5.74, 6) is 0.132. The molecule has 0 aliphatic heterocycles. The normalized spacial score (nSPS) is 12.4. The molecule has 0 radical (unpaired) electrons. The summed E-state index contributed by atoms with van der Waals surface area (Å²) < 4.78 is 13.7. The van der Waals surface area contributed by atoms with Crippen molar-refractivity contribution in [3.8, 4) is 0 Å². The lowest BCUT2D eigenvalue weighted by Crippen LogP contribution is -2.13. The zero-order valence-corrected chi connectivity index (χ0v) is 12.2. The molecule has 0 fully saturated rings. The summed E-state index contributed by atoms with van der Waals surface area (Å²) >= 11 is 3.22. The minimum absolute atomic E-state index is 0.220. The first-order valence-electron chi connectivity index (χ1n) is 6.39. The van der Waals surface area contributed by atoms with Crippen LogP contribution in [0.5, 0.6) is 0 Å². The minimum Gasteiger partial charge on any atom is -0.330 e. The molecule has 0 aromatic heterocycles.